The first-order chi connectivity index (χ1) is 12.2. The zero-order valence-electron chi connectivity index (χ0n) is 14.0. The first-order valence-electron chi connectivity index (χ1n) is 7.81. The molecule has 0 atom stereocenters. The molecule has 2 aromatic carbocycles. The van der Waals surface area contributed by atoms with Crippen molar-refractivity contribution in [2.24, 2.45) is 0 Å². The number of methoxy groups -OCH3 is 1. The normalized spacial score (nSPS) is 10.5. The lowest BCUT2D eigenvalue weighted by atomic mass is 10.2. The van der Waals surface area contributed by atoms with E-state index >= 15 is 0 Å². The molecule has 3 rings (SSSR count). The number of rotatable bonds is 7. The Hall–Kier alpha value is -3.09. The maximum Gasteiger partial charge on any atom is 0.181 e. The van der Waals surface area contributed by atoms with Crippen LogP contribution < -0.4 is 14.2 Å². The van der Waals surface area contributed by atoms with Gasteiger partial charge >= 0.3 is 0 Å². The molecule has 25 heavy (non-hydrogen) atoms. The van der Waals surface area contributed by atoms with E-state index in [0.717, 1.165) is 5.56 Å². The molecule has 0 saturated heterocycles. The number of halogens is 1. The smallest absolute Gasteiger partial charge is 0.181 e. The number of aromatic amines is 1. The van der Waals surface area contributed by atoms with Crippen LogP contribution >= 0.6 is 0 Å². The van der Waals surface area contributed by atoms with Gasteiger partial charge in [-0.2, -0.15) is 5.10 Å². The van der Waals surface area contributed by atoms with Crippen LogP contribution in [0.3, 0.4) is 0 Å². The minimum atomic E-state index is -0.418. The number of nitrogens with zero attached hydrogens (tertiary/aromatic N) is 2. The van der Waals surface area contributed by atoms with Gasteiger partial charge in [-0.25, -0.2) is 9.37 Å². The van der Waals surface area contributed by atoms with E-state index in [1.54, 1.807) is 31.4 Å². The molecule has 0 bridgehead atoms. The van der Waals surface area contributed by atoms with Gasteiger partial charge in [0.25, 0.3) is 0 Å². The molecule has 0 amide bonds. The Morgan fingerprint density at radius 3 is 2.64 bits per heavy atom. The van der Waals surface area contributed by atoms with Gasteiger partial charge in [0.2, 0.25) is 0 Å². The second-order valence-electron chi connectivity index (χ2n) is 5.12. The summed E-state index contributed by atoms with van der Waals surface area (Å²) in [7, 11) is 1.58. The van der Waals surface area contributed by atoms with Crippen molar-refractivity contribution in [2.45, 2.75) is 13.5 Å². The van der Waals surface area contributed by atoms with Crippen molar-refractivity contribution >= 4 is 0 Å². The molecule has 0 spiro atoms. The Bertz CT molecular complexity index is 851. The van der Waals surface area contributed by atoms with E-state index in [1.807, 2.05) is 19.1 Å². The molecule has 0 aliphatic carbocycles. The topological polar surface area (TPSA) is 69.3 Å². The monoisotopic (exact) mass is 343 g/mol. The van der Waals surface area contributed by atoms with Crippen LogP contribution in [0.15, 0.2) is 42.5 Å². The molecule has 0 fully saturated rings. The summed E-state index contributed by atoms with van der Waals surface area (Å²) in [6.07, 6.45) is 0. The van der Waals surface area contributed by atoms with E-state index in [-0.39, 0.29) is 12.4 Å². The molecule has 1 heterocycles. The van der Waals surface area contributed by atoms with E-state index in [1.165, 1.54) is 6.07 Å². The third-order valence-corrected chi connectivity index (χ3v) is 3.45. The third-order valence-electron chi connectivity index (χ3n) is 3.45. The molecule has 1 aromatic heterocycles. The maximum absolute atomic E-state index is 13.5. The summed E-state index contributed by atoms with van der Waals surface area (Å²) >= 11 is 0. The zero-order valence-corrected chi connectivity index (χ0v) is 14.0. The van der Waals surface area contributed by atoms with Crippen LogP contribution in [0.4, 0.5) is 4.39 Å². The quantitative estimate of drug-likeness (QED) is 0.710. The van der Waals surface area contributed by atoms with E-state index in [9.17, 15) is 4.39 Å². The van der Waals surface area contributed by atoms with Gasteiger partial charge in [-0.15, -0.1) is 0 Å². The van der Waals surface area contributed by atoms with Crippen molar-refractivity contribution in [3.63, 3.8) is 0 Å². The van der Waals surface area contributed by atoms with E-state index in [4.69, 9.17) is 14.2 Å². The van der Waals surface area contributed by atoms with E-state index in [2.05, 4.69) is 15.2 Å². The summed E-state index contributed by atoms with van der Waals surface area (Å²) in [5.41, 5.74) is 0.772. The lowest BCUT2D eigenvalue weighted by Crippen LogP contribution is -1.99. The molecule has 7 heteroatoms. The first kappa shape index (κ1) is 16.8. The Kier molecular flexibility index (Phi) is 5.13. The van der Waals surface area contributed by atoms with Crippen LogP contribution in [0.1, 0.15) is 12.7 Å². The fourth-order valence-electron chi connectivity index (χ4n) is 2.28. The Labute approximate surface area is 144 Å². The number of nitrogens with one attached hydrogen (secondary N) is 1. The largest absolute Gasteiger partial charge is 0.493 e. The van der Waals surface area contributed by atoms with Gasteiger partial charge in [0.05, 0.1) is 13.7 Å². The molecular formula is C18H18FN3O3. The average molecular weight is 343 g/mol. The highest BCUT2D eigenvalue weighted by atomic mass is 19.1. The second-order valence-corrected chi connectivity index (χ2v) is 5.12. The lowest BCUT2D eigenvalue weighted by Gasteiger charge is -2.09. The molecule has 0 aliphatic rings. The Morgan fingerprint density at radius 2 is 1.88 bits per heavy atom. The standard InChI is InChI=1S/C18H18FN3O3/c1-3-24-15-9-8-12(10-16(15)23-2)18-20-17(21-22-18)11-25-14-7-5-4-6-13(14)19/h4-10H,3,11H2,1-2H3,(H,20,21,22). The van der Waals surface area contributed by atoms with Gasteiger partial charge < -0.3 is 14.2 Å². The van der Waals surface area contributed by atoms with Crippen LogP contribution in [0.2, 0.25) is 0 Å². The van der Waals surface area contributed by atoms with Crippen LogP contribution in [0.25, 0.3) is 11.4 Å². The molecule has 130 valence electrons. The highest BCUT2D eigenvalue weighted by Gasteiger charge is 2.11. The van der Waals surface area contributed by atoms with Crippen LogP contribution in [-0.2, 0) is 6.61 Å². The molecular weight excluding hydrogens is 325 g/mol. The average Bonchev–Trinajstić information content (AvgIpc) is 3.10. The number of aromatic nitrogens is 3. The summed E-state index contributed by atoms with van der Waals surface area (Å²) in [6, 6.07) is 11.7. The van der Waals surface area contributed by atoms with Gasteiger partial charge in [-0.1, -0.05) is 12.1 Å². The van der Waals surface area contributed by atoms with Crippen molar-refractivity contribution in [3.05, 3.63) is 54.1 Å². The number of hydrogen-bond acceptors (Lipinski definition) is 5. The molecule has 3 aromatic rings. The Balaban J connectivity index is 1.74. The van der Waals surface area contributed by atoms with Crippen molar-refractivity contribution in [1.82, 2.24) is 15.2 Å². The zero-order chi connectivity index (χ0) is 17.6. The van der Waals surface area contributed by atoms with E-state index < -0.39 is 5.82 Å². The minimum Gasteiger partial charge on any atom is -0.493 e. The van der Waals surface area contributed by atoms with Gasteiger partial charge in [0.1, 0.15) is 6.61 Å². The highest BCUT2D eigenvalue weighted by Crippen LogP contribution is 2.31. The van der Waals surface area contributed by atoms with Crippen LogP contribution in [-0.4, -0.2) is 28.9 Å². The molecule has 6 nitrogen and oxygen atoms in total. The van der Waals surface area contributed by atoms with Crippen molar-refractivity contribution in [1.29, 1.82) is 0 Å². The molecule has 1 N–H and O–H groups in total. The number of ether oxygens (including phenoxy) is 3. The first-order valence-corrected chi connectivity index (χ1v) is 7.81. The van der Waals surface area contributed by atoms with E-state index in [0.29, 0.717) is 29.8 Å². The van der Waals surface area contributed by atoms with Crippen molar-refractivity contribution in [3.8, 4) is 28.6 Å². The number of H-pyrrole nitrogens is 1. The number of para-hydroxylation sites is 1. The Morgan fingerprint density at radius 1 is 1.04 bits per heavy atom. The fraction of sp³-hybridized carbons (Fsp3) is 0.222. The fourth-order valence-corrected chi connectivity index (χ4v) is 2.28. The summed E-state index contributed by atoms with van der Waals surface area (Å²) in [5, 5.41) is 6.96. The summed E-state index contributed by atoms with van der Waals surface area (Å²) in [5.74, 6) is 2.00. The minimum absolute atomic E-state index is 0.0854. The summed E-state index contributed by atoms with van der Waals surface area (Å²) in [4.78, 5) is 4.37. The number of hydrogen-bond donors (Lipinski definition) is 1. The highest BCUT2D eigenvalue weighted by molar-refractivity contribution is 5.60. The predicted molar refractivity (Wildman–Crippen MR) is 90.3 cm³/mol. The third kappa shape index (κ3) is 3.88. The number of benzene rings is 2. The molecule has 0 radical (unpaired) electrons. The van der Waals surface area contributed by atoms with Gasteiger partial charge in [-0.05, 0) is 37.3 Å². The van der Waals surface area contributed by atoms with Crippen LogP contribution in [0, 0.1) is 5.82 Å². The summed E-state index contributed by atoms with van der Waals surface area (Å²) < 4.78 is 29.8. The van der Waals surface area contributed by atoms with Crippen LogP contribution in [0.5, 0.6) is 17.2 Å². The molecule has 0 saturated carbocycles. The lowest BCUT2D eigenvalue weighted by molar-refractivity contribution is 0.281. The predicted octanol–water partition coefficient (Wildman–Crippen LogP) is 3.60. The summed E-state index contributed by atoms with van der Waals surface area (Å²) in [6.45, 7) is 2.54. The van der Waals surface area contributed by atoms with Crippen molar-refractivity contribution < 1.29 is 18.6 Å². The maximum atomic E-state index is 13.5. The SMILES string of the molecule is CCOc1ccc(-c2n[nH]c(COc3ccccc3F)n2)cc1OC. The molecule has 0 unspecified atom stereocenters. The van der Waals surface area contributed by atoms with Gasteiger partial charge in [0.15, 0.2) is 34.7 Å². The van der Waals surface area contributed by atoms with Gasteiger partial charge in [-0.3, -0.25) is 5.10 Å². The van der Waals surface area contributed by atoms with Crippen molar-refractivity contribution in [2.75, 3.05) is 13.7 Å². The molecule has 0 aliphatic heterocycles. The van der Waals surface area contributed by atoms with Gasteiger partial charge in [0, 0.05) is 5.56 Å². The second kappa shape index (κ2) is 7.65.